The van der Waals surface area contributed by atoms with Crippen molar-refractivity contribution >= 4 is 75.7 Å². The Bertz CT molecular complexity index is 1340. The Kier molecular flexibility index (Phi) is 9.02. The van der Waals surface area contributed by atoms with E-state index in [0.29, 0.717) is 27.0 Å². The Morgan fingerprint density at radius 1 is 0.943 bits per heavy atom. The van der Waals surface area contributed by atoms with Crippen LogP contribution in [0, 0.1) is 18.3 Å². The Labute approximate surface area is 222 Å². The lowest BCUT2D eigenvalue weighted by Gasteiger charge is -2.12. The maximum Gasteiger partial charge on any atom is 0.266 e. The van der Waals surface area contributed by atoms with Crippen molar-refractivity contribution in [3.8, 4) is 11.8 Å². The first-order valence-corrected chi connectivity index (χ1v) is 11.5. The Morgan fingerprint density at radius 3 is 2.26 bits per heavy atom. The van der Waals surface area contributed by atoms with Gasteiger partial charge < -0.3 is 15.4 Å². The quantitative estimate of drug-likeness (QED) is 0.242. The van der Waals surface area contributed by atoms with Crippen molar-refractivity contribution in [1.82, 2.24) is 0 Å². The van der Waals surface area contributed by atoms with Gasteiger partial charge in [0.2, 0.25) is 0 Å². The number of hydrogen-bond donors (Lipinski definition) is 2. The number of nitrogens with zero attached hydrogens (tertiary/aromatic N) is 1. The number of amides is 2. The number of nitrogens with one attached hydrogen (secondary N) is 2. The average Bonchev–Trinajstić information content (AvgIpc) is 2.80. The van der Waals surface area contributed by atoms with Crippen LogP contribution in [-0.4, -0.2) is 18.4 Å². The molecule has 0 radical (unpaired) electrons. The molecule has 10 heteroatoms. The molecule has 3 aromatic carbocycles. The summed E-state index contributed by atoms with van der Waals surface area (Å²) in [5.74, 6) is -1.01. The molecular formula is C25H17Cl4N3O3. The predicted molar refractivity (Wildman–Crippen MR) is 140 cm³/mol. The van der Waals surface area contributed by atoms with E-state index < -0.39 is 11.8 Å². The molecule has 2 amide bonds. The molecule has 0 atom stereocenters. The highest BCUT2D eigenvalue weighted by molar-refractivity contribution is 6.37. The Balaban J connectivity index is 1.70. The summed E-state index contributed by atoms with van der Waals surface area (Å²) >= 11 is 24.7. The summed E-state index contributed by atoms with van der Waals surface area (Å²) in [7, 11) is 0. The van der Waals surface area contributed by atoms with Crippen molar-refractivity contribution < 1.29 is 14.3 Å². The van der Waals surface area contributed by atoms with Gasteiger partial charge in [-0.1, -0.05) is 64.6 Å². The average molecular weight is 549 g/mol. The van der Waals surface area contributed by atoms with E-state index in [0.717, 1.165) is 5.56 Å². The van der Waals surface area contributed by atoms with E-state index >= 15 is 0 Å². The molecule has 3 aromatic rings. The number of carbonyl (C=O) groups excluding carboxylic acids is 2. The number of anilines is 2. The van der Waals surface area contributed by atoms with Gasteiger partial charge in [0.15, 0.2) is 12.4 Å². The van der Waals surface area contributed by atoms with Crippen LogP contribution in [0.5, 0.6) is 5.75 Å². The van der Waals surface area contributed by atoms with Crippen LogP contribution >= 0.6 is 46.4 Å². The zero-order chi connectivity index (χ0) is 25.5. The highest BCUT2D eigenvalue weighted by atomic mass is 35.5. The summed E-state index contributed by atoms with van der Waals surface area (Å²) in [5.41, 5.74) is 1.96. The number of halogens is 4. The van der Waals surface area contributed by atoms with Crippen molar-refractivity contribution in [1.29, 1.82) is 5.26 Å². The molecule has 0 saturated carbocycles. The lowest BCUT2D eigenvalue weighted by Crippen LogP contribution is -2.20. The van der Waals surface area contributed by atoms with E-state index in [9.17, 15) is 14.9 Å². The maximum atomic E-state index is 12.5. The van der Waals surface area contributed by atoms with Gasteiger partial charge in [-0.2, -0.15) is 5.26 Å². The molecule has 0 fully saturated rings. The summed E-state index contributed by atoms with van der Waals surface area (Å²) in [6, 6.07) is 16.5. The lowest BCUT2D eigenvalue weighted by molar-refractivity contribution is -0.118. The number of carbonyl (C=O) groups is 2. The molecule has 0 aromatic heterocycles. The number of aryl methyl sites for hydroxylation is 1. The van der Waals surface area contributed by atoms with Gasteiger partial charge >= 0.3 is 0 Å². The Morgan fingerprint density at radius 2 is 1.63 bits per heavy atom. The van der Waals surface area contributed by atoms with E-state index in [1.165, 1.54) is 18.2 Å². The standard InChI is InChI=1S/C25H17Cl4N3O3/c1-14-6-7-17(11-19(14)27)31-23(33)13-35-24-20(28)9-15(10-21(24)29)8-16(12-30)25(34)32-22-5-3-2-4-18(22)26/h2-11H,13H2,1H3,(H,31,33)(H,32,34)/b16-8+. The van der Waals surface area contributed by atoms with Crippen molar-refractivity contribution in [3.05, 3.63) is 91.4 Å². The van der Waals surface area contributed by atoms with Crippen LogP contribution in [0.4, 0.5) is 11.4 Å². The molecule has 35 heavy (non-hydrogen) atoms. The van der Waals surface area contributed by atoms with Gasteiger partial charge in [0.25, 0.3) is 11.8 Å². The normalized spacial score (nSPS) is 10.9. The van der Waals surface area contributed by atoms with Gasteiger partial charge in [-0.05, 0) is 60.5 Å². The number of hydrogen-bond acceptors (Lipinski definition) is 4. The summed E-state index contributed by atoms with van der Waals surface area (Å²) in [6.45, 7) is 1.49. The topological polar surface area (TPSA) is 91.2 Å². The molecule has 0 spiro atoms. The van der Waals surface area contributed by atoms with Gasteiger partial charge in [0.1, 0.15) is 11.6 Å². The molecule has 0 heterocycles. The second kappa shape index (κ2) is 12.0. The number of ether oxygens (including phenoxy) is 1. The van der Waals surface area contributed by atoms with E-state index in [1.807, 2.05) is 13.0 Å². The van der Waals surface area contributed by atoms with Crippen molar-refractivity contribution in [2.75, 3.05) is 17.2 Å². The van der Waals surface area contributed by atoms with Gasteiger partial charge in [0, 0.05) is 10.7 Å². The molecular weight excluding hydrogens is 532 g/mol. The fourth-order valence-corrected chi connectivity index (χ4v) is 3.85. The molecule has 3 rings (SSSR count). The minimum atomic E-state index is -0.652. The summed E-state index contributed by atoms with van der Waals surface area (Å²) in [4.78, 5) is 24.7. The molecule has 2 N–H and O–H groups in total. The molecule has 0 aliphatic carbocycles. The van der Waals surface area contributed by atoms with Crippen molar-refractivity contribution in [2.45, 2.75) is 6.92 Å². The zero-order valence-corrected chi connectivity index (χ0v) is 21.2. The largest absolute Gasteiger partial charge is 0.481 e. The van der Waals surface area contributed by atoms with Crippen LogP contribution in [0.1, 0.15) is 11.1 Å². The minimum absolute atomic E-state index is 0.0848. The monoisotopic (exact) mass is 547 g/mol. The van der Waals surface area contributed by atoms with Gasteiger partial charge in [-0.25, -0.2) is 0 Å². The maximum absolute atomic E-state index is 12.5. The second-order valence-electron chi connectivity index (χ2n) is 7.22. The fourth-order valence-electron chi connectivity index (χ4n) is 2.87. The first kappa shape index (κ1) is 26.4. The molecule has 6 nitrogen and oxygen atoms in total. The highest BCUT2D eigenvalue weighted by Gasteiger charge is 2.15. The summed E-state index contributed by atoms with van der Waals surface area (Å²) in [5, 5.41) is 15.7. The zero-order valence-electron chi connectivity index (χ0n) is 18.2. The third kappa shape index (κ3) is 7.14. The first-order chi connectivity index (χ1) is 16.7. The van der Waals surface area contributed by atoms with Crippen LogP contribution < -0.4 is 15.4 Å². The van der Waals surface area contributed by atoms with E-state index in [1.54, 1.807) is 42.5 Å². The molecule has 0 unspecified atom stereocenters. The molecule has 0 aliphatic rings. The predicted octanol–water partition coefficient (Wildman–Crippen LogP) is 7.17. The summed E-state index contributed by atoms with van der Waals surface area (Å²) in [6.07, 6.45) is 1.32. The van der Waals surface area contributed by atoms with E-state index in [4.69, 9.17) is 51.1 Å². The van der Waals surface area contributed by atoms with Gasteiger partial charge in [-0.3, -0.25) is 9.59 Å². The van der Waals surface area contributed by atoms with Crippen LogP contribution in [0.15, 0.2) is 60.2 Å². The van der Waals surface area contributed by atoms with E-state index in [2.05, 4.69) is 10.6 Å². The first-order valence-electron chi connectivity index (χ1n) is 10.0. The van der Waals surface area contributed by atoms with Crippen LogP contribution in [0.3, 0.4) is 0 Å². The van der Waals surface area contributed by atoms with Crippen molar-refractivity contribution in [2.24, 2.45) is 0 Å². The molecule has 0 aliphatic heterocycles. The second-order valence-corrected chi connectivity index (χ2v) is 8.85. The number of benzene rings is 3. The van der Waals surface area contributed by atoms with Gasteiger partial charge in [-0.15, -0.1) is 0 Å². The SMILES string of the molecule is Cc1ccc(NC(=O)COc2c(Cl)cc(/C=C(\C#N)C(=O)Nc3ccccc3Cl)cc2Cl)cc1Cl. The highest BCUT2D eigenvalue weighted by Crippen LogP contribution is 2.35. The van der Waals surface area contributed by atoms with Gasteiger partial charge in [0.05, 0.1) is 20.8 Å². The van der Waals surface area contributed by atoms with E-state index in [-0.39, 0.29) is 28.0 Å². The van der Waals surface area contributed by atoms with Crippen LogP contribution in [-0.2, 0) is 9.59 Å². The number of rotatable bonds is 7. The number of para-hydroxylation sites is 1. The minimum Gasteiger partial charge on any atom is -0.481 e. The summed E-state index contributed by atoms with van der Waals surface area (Å²) < 4.78 is 5.49. The molecule has 0 bridgehead atoms. The number of nitriles is 1. The molecule has 0 saturated heterocycles. The Hall–Kier alpha value is -3.21. The smallest absolute Gasteiger partial charge is 0.266 e. The third-order valence-corrected chi connectivity index (χ3v) is 5.92. The van der Waals surface area contributed by atoms with Crippen molar-refractivity contribution in [3.63, 3.8) is 0 Å². The molecule has 178 valence electrons. The third-order valence-electron chi connectivity index (χ3n) is 4.62. The fraction of sp³-hybridized carbons (Fsp3) is 0.0800. The lowest BCUT2D eigenvalue weighted by atomic mass is 10.1. The van der Waals surface area contributed by atoms with Crippen LogP contribution in [0.25, 0.3) is 6.08 Å². The van der Waals surface area contributed by atoms with Crippen LogP contribution in [0.2, 0.25) is 20.1 Å².